The van der Waals surface area contributed by atoms with Crippen LogP contribution in [0.1, 0.15) is 10.5 Å². The largest absolute Gasteiger partial charge is 0.357 e. The lowest BCUT2D eigenvalue weighted by Gasteiger charge is -2.01. The number of nitrogens with one attached hydrogen (secondary N) is 2. The third-order valence-electron chi connectivity index (χ3n) is 1.59. The highest BCUT2D eigenvalue weighted by atomic mass is 32.2. The van der Waals surface area contributed by atoms with Gasteiger partial charge in [0.05, 0.1) is 5.75 Å². The van der Waals surface area contributed by atoms with Crippen LogP contribution in [-0.2, 0) is 4.79 Å². The molecule has 0 unspecified atom stereocenters. The number of aromatic amines is 1. The number of carbonyl (C=O) groups is 2. The summed E-state index contributed by atoms with van der Waals surface area (Å²) in [5.74, 6) is 0.264. The zero-order valence-electron chi connectivity index (χ0n) is 8.16. The van der Waals surface area contributed by atoms with Crippen LogP contribution in [0.5, 0.6) is 0 Å². The second-order valence-corrected chi connectivity index (χ2v) is 3.91. The highest BCUT2D eigenvalue weighted by molar-refractivity contribution is 7.99. The quantitative estimate of drug-likeness (QED) is 0.616. The van der Waals surface area contributed by atoms with E-state index >= 15 is 0 Å². The van der Waals surface area contributed by atoms with Crippen LogP contribution in [0.25, 0.3) is 0 Å². The molecule has 15 heavy (non-hydrogen) atoms. The molecule has 0 bridgehead atoms. The van der Waals surface area contributed by atoms with Gasteiger partial charge < -0.3 is 10.7 Å². The van der Waals surface area contributed by atoms with E-state index in [0.29, 0.717) is 18.0 Å². The first-order valence-electron chi connectivity index (χ1n) is 4.49. The lowest BCUT2D eigenvalue weighted by molar-refractivity contribution is -0.117. The predicted octanol–water partition coefficient (Wildman–Crippen LogP) is -0.0370. The van der Waals surface area contributed by atoms with Gasteiger partial charge in [-0.2, -0.15) is 11.8 Å². The van der Waals surface area contributed by atoms with Gasteiger partial charge in [-0.25, -0.2) is 0 Å². The van der Waals surface area contributed by atoms with Gasteiger partial charge in [-0.15, -0.1) is 0 Å². The number of hydrogen-bond donors (Lipinski definition) is 3. The highest BCUT2D eigenvalue weighted by Gasteiger charge is 2.09. The summed E-state index contributed by atoms with van der Waals surface area (Å²) in [6, 6.07) is 3.30. The molecule has 6 heteroatoms. The van der Waals surface area contributed by atoms with Gasteiger partial charge in [0.1, 0.15) is 5.69 Å². The molecular formula is C9H13N3O2S. The lowest BCUT2D eigenvalue weighted by Crippen LogP contribution is -2.32. The van der Waals surface area contributed by atoms with E-state index in [1.54, 1.807) is 18.3 Å². The molecule has 1 aromatic rings. The molecule has 82 valence electrons. The summed E-state index contributed by atoms with van der Waals surface area (Å²) in [5, 5.41) is 2.27. The Labute approximate surface area is 91.8 Å². The summed E-state index contributed by atoms with van der Waals surface area (Å²) in [6.07, 6.45) is 1.63. The molecular weight excluding hydrogens is 214 g/mol. The minimum absolute atomic E-state index is 0.254. The molecule has 0 aliphatic carbocycles. The molecule has 0 radical (unpaired) electrons. The van der Waals surface area contributed by atoms with Crippen molar-refractivity contribution in [1.82, 2.24) is 10.3 Å². The third kappa shape index (κ3) is 4.18. The molecule has 0 aliphatic rings. The van der Waals surface area contributed by atoms with Crippen LogP contribution in [0.15, 0.2) is 18.3 Å². The molecule has 1 heterocycles. The van der Waals surface area contributed by atoms with E-state index in [-0.39, 0.29) is 11.7 Å². The number of rotatable bonds is 5. The molecule has 0 spiro atoms. The Kier molecular flexibility index (Phi) is 4.92. The van der Waals surface area contributed by atoms with E-state index in [2.05, 4.69) is 10.3 Å². The average molecular weight is 227 g/mol. The molecule has 1 rings (SSSR count). The molecule has 1 aromatic heterocycles. The van der Waals surface area contributed by atoms with Crippen molar-refractivity contribution in [3.63, 3.8) is 0 Å². The van der Waals surface area contributed by atoms with Crippen molar-refractivity contribution in [1.29, 1.82) is 0 Å². The van der Waals surface area contributed by atoms with E-state index in [4.69, 9.17) is 5.73 Å². The number of imide groups is 1. The Morgan fingerprint density at radius 1 is 1.53 bits per heavy atom. The van der Waals surface area contributed by atoms with Crippen molar-refractivity contribution in [2.24, 2.45) is 5.73 Å². The first kappa shape index (κ1) is 11.8. The van der Waals surface area contributed by atoms with Gasteiger partial charge in [0.15, 0.2) is 0 Å². The maximum atomic E-state index is 11.4. The van der Waals surface area contributed by atoms with E-state index in [0.717, 1.165) is 0 Å². The van der Waals surface area contributed by atoms with Crippen molar-refractivity contribution in [2.45, 2.75) is 0 Å². The Hall–Kier alpha value is -1.27. The Balaban J connectivity index is 2.29. The van der Waals surface area contributed by atoms with E-state index in [1.165, 1.54) is 11.8 Å². The minimum Gasteiger partial charge on any atom is -0.357 e. The second kappa shape index (κ2) is 6.26. The van der Waals surface area contributed by atoms with Crippen molar-refractivity contribution in [3.8, 4) is 0 Å². The van der Waals surface area contributed by atoms with Gasteiger partial charge in [0.2, 0.25) is 5.91 Å². The molecule has 2 amide bonds. The number of H-pyrrole nitrogens is 1. The summed E-state index contributed by atoms with van der Waals surface area (Å²) in [6.45, 7) is 0.530. The number of carbonyl (C=O) groups excluding carboxylic acids is 2. The van der Waals surface area contributed by atoms with Crippen LogP contribution in [0, 0.1) is 0 Å². The first-order valence-corrected chi connectivity index (χ1v) is 5.65. The van der Waals surface area contributed by atoms with Gasteiger partial charge in [-0.3, -0.25) is 14.9 Å². The minimum atomic E-state index is -0.404. The monoisotopic (exact) mass is 227 g/mol. The topological polar surface area (TPSA) is 88.0 Å². The molecule has 0 aliphatic heterocycles. The summed E-state index contributed by atoms with van der Waals surface area (Å²) in [5.41, 5.74) is 5.65. The fourth-order valence-corrected chi connectivity index (χ4v) is 1.52. The fraction of sp³-hybridized carbons (Fsp3) is 0.333. The lowest BCUT2D eigenvalue weighted by atomic mass is 10.4. The van der Waals surface area contributed by atoms with Gasteiger partial charge in [0, 0.05) is 18.5 Å². The molecule has 0 fully saturated rings. The first-order chi connectivity index (χ1) is 7.24. The van der Waals surface area contributed by atoms with Crippen molar-refractivity contribution in [3.05, 3.63) is 24.0 Å². The van der Waals surface area contributed by atoms with Gasteiger partial charge in [0.25, 0.3) is 5.91 Å². The van der Waals surface area contributed by atoms with Crippen LogP contribution in [0.3, 0.4) is 0 Å². The van der Waals surface area contributed by atoms with E-state index < -0.39 is 5.91 Å². The van der Waals surface area contributed by atoms with Crippen molar-refractivity contribution >= 4 is 23.6 Å². The highest BCUT2D eigenvalue weighted by Crippen LogP contribution is 1.98. The zero-order chi connectivity index (χ0) is 11.1. The second-order valence-electron chi connectivity index (χ2n) is 2.80. The Bertz CT molecular complexity index is 324. The summed E-state index contributed by atoms with van der Waals surface area (Å²) < 4.78 is 0. The molecule has 0 aromatic carbocycles. The molecule has 0 saturated heterocycles. The smallest absolute Gasteiger partial charge is 0.274 e. The van der Waals surface area contributed by atoms with Crippen LogP contribution < -0.4 is 11.1 Å². The summed E-state index contributed by atoms with van der Waals surface area (Å²) >= 11 is 1.40. The fourth-order valence-electron chi connectivity index (χ4n) is 0.950. The normalized spacial score (nSPS) is 9.93. The van der Waals surface area contributed by atoms with Crippen LogP contribution >= 0.6 is 11.8 Å². The van der Waals surface area contributed by atoms with Crippen LogP contribution in [0.2, 0.25) is 0 Å². The van der Waals surface area contributed by atoms with Gasteiger partial charge in [-0.05, 0) is 12.1 Å². The SMILES string of the molecule is NCCSCC(=O)NC(=O)c1ccc[nH]1. The van der Waals surface area contributed by atoms with Crippen molar-refractivity contribution in [2.75, 3.05) is 18.1 Å². The zero-order valence-corrected chi connectivity index (χ0v) is 8.97. The number of hydrogen-bond acceptors (Lipinski definition) is 4. The van der Waals surface area contributed by atoms with E-state index in [9.17, 15) is 9.59 Å². The molecule has 4 N–H and O–H groups in total. The van der Waals surface area contributed by atoms with Gasteiger partial charge in [-0.1, -0.05) is 0 Å². The van der Waals surface area contributed by atoms with Gasteiger partial charge >= 0.3 is 0 Å². The molecule has 5 nitrogen and oxygen atoms in total. The molecule has 0 saturated carbocycles. The average Bonchev–Trinajstić information content (AvgIpc) is 2.70. The standard InChI is InChI=1S/C9H13N3O2S/c10-3-5-15-6-8(13)12-9(14)7-2-1-4-11-7/h1-2,4,11H,3,5-6,10H2,(H,12,13,14). The predicted molar refractivity (Wildman–Crippen MR) is 59.6 cm³/mol. The van der Waals surface area contributed by atoms with Crippen molar-refractivity contribution < 1.29 is 9.59 Å². The number of amides is 2. The Morgan fingerprint density at radius 2 is 2.33 bits per heavy atom. The number of aromatic nitrogens is 1. The third-order valence-corrected chi connectivity index (χ3v) is 2.58. The maximum absolute atomic E-state index is 11.4. The maximum Gasteiger partial charge on any atom is 0.274 e. The van der Waals surface area contributed by atoms with Crippen LogP contribution in [-0.4, -0.2) is 34.8 Å². The molecule has 0 atom stereocenters. The summed E-state index contributed by atoms with van der Waals surface area (Å²) in [7, 11) is 0. The number of nitrogens with two attached hydrogens (primary N) is 1. The van der Waals surface area contributed by atoms with E-state index in [1.807, 2.05) is 0 Å². The number of thioether (sulfide) groups is 1. The summed E-state index contributed by atoms with van der Waals surface area (Å²) in [4.78, 5) is 25.3. The Morgan fingerprint density at radius 3 is 2.93 bits per heavy atom. The van der Waals surface area contributed by atoms with Crippen LogP contribution in [0.4, 0.5) is 0 Å².